The van der Waals surface area contributed by atoms with Crippen molar-refractivity contribution in [2.45, 2.75) is 26.8 Å². The van der Waals surface area contributed by atoms with Gasteiger partial charge in [-0.25, -0.2) is 0 Å². The molecule has 0 atom stereocenters. The highest BCUT2D eigenvalue weighted by Gasteiger charge is 2.04. The van der Waals surface area contributed by atoms with Crippen LogP contribution in [0.2, 0.25) is 0 Å². The van der Waals surface area contributed by atoms with E-state index in [0.717, 1.165) is 6.54 Å². The molecule has 0 aliphatic heterocycles. The maximum atomic E-state index is 8.62. The molecular weight excluding hydrogens is 184 g/mol. The van der Waals surface area contributed by atoms with E-state index in [1.807, 2.05) is 0 Å². The second-order valence-corrected chi connectivity index (χ2v) is 3.91. The molecule has 0 saturated heterocycles. The van der Waals surface area contributed by atoms with E-state index in [1.54, 1.807) is 0 Å². The van der Waals surface area contributed by atoms with E-state index in [9.17, 15) is 0 Å². The molecule has 2 rings (SSSR count). The molecule has 0 saturated carbocycles. The third-order valence-electron chi connectivity index (χ3n) is 2.71. The van der Waals surface area contributed by atoms with Gasteiger partial charge in [0.05, 0.1) is 12.5 Å². The number of nitrogens with zero attached hydrogens (tertiary/aromatic N) is 2. The van der Waals surface area contributed by atoms with Crippen molar-refractivity contribution < 1.29 is 0 Å². The largest absolute Gasteiger partial charge is 0.344 e. The number of aryl methyl sites for hydroxylation is 3. The second kappa shape index (κ2) is 3.78. The Morgan fingerprint density at radius 3 is 2.80 bits per heavy atom. The van der Waals surface area contributed by atoms with Gasteiger partial charge >= 0.3 is 0 Å². The van der Waals surface area contributed by atoms with E-state index < -0.39 is 0 Å². The fraction of sp³-hybridized carbons (Fsp3) is 0.308. The monoisotopic (exact) mass is 198 g/mol. The van der Waals surface area contributed by atoms with Gasteiger partial charge in [0, 0.05) is 17.8 Å². The van der Waals surface area contributed by atoms with Crippen LogP contribution in [0.1, 0.15) is 17.7 Å². The van der Waals surface area contributed by atoms with Gasteiger partial charge < -0.3 is 4.57 Å². The summed E-state index contributed by atoms with van der Waals surface area (Å²) in [6.07, 6.45) is 0.568. The van der Waals surface area contributed by atoms with Crippen LogP contribution in [-0.2, 0) is 6.54 Å². The summed E-state index contributed by atoms with van der Waals surface area (Å²) in [5, 5.41) is 9.88. The minimum Gasteiger partial charge on any atom is -0.344 e. The van der Waals surface area contributed by atoms with Gasteiger partial charge in [0.15, 0.2) is 0 Å². The number of hydrogen-bond donors (Lipinski definition) is 0. The molecule has 2 heteroatoms. The van der Waals surface area contributed by atoms with Crippen LogP contribution in [0.25, 0.3) is 10.9 Å². The lowest BCUT2D eigenvalue weighted by Gasteiger charge is -2.05. The zero-order chi connectivity index (χ0) is 10.8. The molecule has 0 aliphatic rings. The maximum absolute atomic E-state index is 8.62. The number of rotatable bonds is 2. The van der Waals surface area contributed by atoms with Gasteiger partial charge in [0.2, 0.25) is 0 Å². The van der Waals surface area contributed by atoms with Crippen LogP contribution in [-0.4, -0.2) is 4.57 Å². The van der Waals surface area contributed by atoms with Gasteiger partial charge in [0.1, 0.15) is 0 Å². The molecule has 15 heavy (non-hydrogen) atoms. The average Bonchev–Trinajstić information content (AvgIpc) is 2.51. The molecule has 1 heterocycles. The van der Waals surface area contributed by atoms with Crippen LogP contribution in [0.15, 0.2) is 24.3 Å². The van der Waals surface area contributed by atoms with Crippen molar-refractivity contribution in [1.82, 2.24) is 4.57 Å². The first-order chi connectivity index (χ1) is 7.22. The quantitative estimate of drug-likeness (QED) is 0.728. The number of fused-ring (bicyclic) bond motifs is 1. The van der Waals surface area contributed by atoms with Gasteiger partial charge in [-0.1, -0.05) is 12.1 Å². The first-order valence-electron chi connectivity index (χ1n) is 5.16. The molecule has 0 N–H and O–H groups in total. The number of hydrogen-bond acceptors (Lipinski definition) is 1. The Balaban J connectivity index is 2.56. The minimum absolute atomic E-state index is 0.568. The fourth-order valence-electron chi connectivity index (χ4n) is 1.96. The Labute approximate surface area is 89.7 Å². The SMILES string of the molecule is Cc1ccc2cc(C)n(CCC#N)c2c1. The van der Waals surface area contributed by atoms with Crippen LogP contribution in [0.5, 0.6) is 0 Å². The summed E-state index contributed by atoms with van der Waals surface area (Å²) in [6.45, 7) is 4.97. The molecule has 1 aromatic heterocycles. The fourth-order valence-corrected chi connectivity index (χ4v) is 1.96. The molecule has 1 aromatic carbocycles. The van der Waals surface area contributed by atoms with Gasteiger partial charge in [-0.2, -0.15) is 5.26 Å². The van der Waals surface area contributed by atoms with Crippen molar-refractivity contribution in [3.63, 3.8) is 0 Å². The minimum atomic E-state index is 0.568. The molecule has 2 nitrogen and oxygen atoms in total. The lowest BCUT2D eigenvalue weighted by atomic mass is 10.2. The molecule has 0 radical (unpaired) electrons. The zero-order valence-electron chi connectivity index (χ0n) is 9.12. The van der Waals surface area contributed by atoms with Gasteiger partial charge in [-0.3, -0.25) is 0 Å². The van der Waals surface area contributed by atoms with Crippen LogP contribution in [0.4, 0.5) is 0 Å². The molecule has 0 bridgehead atoms. The Bertz CT molecular complexity index is 529. The summed E-state index contributed by atoms with van der Waals surface area (Å²) < 4.78 is 2.21. The summed E-state index contributed by atoms with van der Waals surface area (Å²) in [7, 11) is 0. The summed E-state index contributed by atoms with van der Waals surface area (Å²) >= 11 is 0. The Morgan fingerprint density at radius 1 is 1.27 bits per heavy atom. The van der Waals surface area contributed by atoms with Gasteiger partial charge in [-0.05, 0) is 36.9 Å². The summed E-state index contributed by atoms with van der Waals surface area (Å²) in [4.78, 5) is 0. The van der Waals surface area contributed by atoms with Crippen molar-refractivity contribution >= 4 is 10.9 Å². The maximum Gasteiger partial charge on any atom is 0.0640 e. The Kier molecular flexibility index (Phi) is 2.47. The average molecular weight is 198 g/mol. The third kappa shape index (κ3) is 1.73. The highest BCUT2D eigenvalue weighted by Crippen LogP contribution is 2.21. The molecule has 76 valence electrons. The van der Waals surface area contributed by atoms with E-state index in [4.69, 9.17) is 5.26 Å². The molecule has 0 fully saturated rings. The number of benzene rings is 1. The van der Waals surface area contributed by atoms with Crippen LogP contribution in [0, 0.1) is 25.2 Å². The van der Waals surface area contributed by atoms with Crippen molar-refractivity contribution in [1.29, 1.82) is 5.26 Å². The summed E-state index contributed by atoms with van der Waals surface area (Å²) in [6, 6.07) is 10.8. The van der Waals surface area contributed by atoms with Crippen LogP contribution in [0.3, 0.4) is 0 Å². The van der Waals surface area contributed by atoms with Crippen LogP contribution < -0.4 is 0 Å². The Morgan fingerprint density at radius 2 is 2.07 bits per heavy atom. The van der Waals surface area contributed by atoms with Gasteiger partial charge in [0.25, 0.3) is 0 Å². The predicted molar refractivity (Wildman–Crippen MR) is 61.6 cm³/mol. The first kappa shape index (κ1) is 9.79. The first-order valence-corrected chi connectivity index (χ1v) is 5.16. The topological polar surface area (TPSA) is 28.7 Å². The van der Waals surface area contributed by atoms with Gasteiger partial charge in [-0.15, -0.1) is 0 Å². The van der Waals surface area contributed by atoms with Crippen molar-refractivity contribution in [3.05, 3.63) is 35.5 Å². The van der Waals surface area contributed by atoms with Crippen molar-refractivity contribution in [2.75, 3.05) is 0 Å². The van der Waals surface area contributed by atoms with E-state index >= 15 is 0 Å². The highest BCUT2D eigenvalue weighted by atomic mass is 15.0. The normalized spacial score (nSPS) is 10.5. The highest BCUT2D eigenvalue weighted by molar-refractivity contribution is 5.82. The molecular formula is C13H14N2. The third-order valence-corrected chi connectivity index (χ3v) is 2.71. The predicted octanol–water partition coefficient (Wildman–Crippen LogP) is 3.17. The standard InChI is InChI=1S/C13H14N2/c1-10-4-5-12-9-11(2)15(7-3-6-14)13(12)8-10/h4-5,8-9H,3,7H2,1-2H3. The number of nitriles is 1. The van der Waals surface area contributed by atoms with Crippen LogP contribution >= 0.6 is 0 Å². The molecule has 0 spiro atoms. The lowest BCUT2D eigenvalue weighted by Crippen LogP contribution is -1.98. The second-order valence-electron chi connectivity index (χ2n) is 3.91. The van der Waals surface area contributed by atoms with E-state index in [2.05, 4.69) is 48.7 Å². The van der Waals surface area contributed by atoms with E-state index in [1.165, 1.54) is 22.2 Å². The van der Waals surface area contributed by atoms with E-state index in [-0.39, 0.29) is 0 Å². The summed E-state index contributed by atoms with van der Waals surface area (Å²) in [5.41, 5.74) is 3.73. The molecule has 2 aromatic rings. The Hall–Kier alpha value is -1.75. The molecule has 0 amide bonds. The van der Waals surface area contributed by atoms with Crippen molar-refractivity contribution in [3.8, 4) is 6.07 Å². The lowest BCUT2D eigenvalue weighted by molar-refractivity contribution is 0.722. The smallest absolute Gasteiger partial charge is 0.0640 e. The zero-order valence-corrected chi connectivity index (χ0v) is 9.12. The number of aromatic nitrogens is 1. The summed E-state index contributed by atoms with van der Waals surface area (Å²) in [5.74, 6) is 0. The molecule has 0 aliphatic carbocycles. The van der Waals surface area contributed by atoms with Crippen molar-refractivity contribution in [2.24, 2.45) is 0 Å². The van der Waals surface area contributed by atoms with E-state index in [0.29, 0.717) is 6.42 Å². The molecule has 0 unspecified atom stereocenters.